The summed E-state index contributed by atoms with van der Waals surface area (Å²) in [6.07, 6.45) is 1.04. The second kappa shape index (κ2) is 7.15. The van der Waals surface area contributed by atoms with E-state index in [2.05, 4.69) is 35.1 Å². The first-order chi connectivity index (χ1) is 8.40. The molecule has 0 aliphatic rings. The summed E-state index contributed by atoms with van der Waals surface area (Å²) in [5.41, 5.74) is 1.57. The molecule has 1 N–H and O–H groups in total. The van der Waals surface area contributed by atoms with Crippen molar-refractivity contribution >= 4 is 33.4 Å². The number of aryl methyl sites for hydroxylation is 1. The molecule has 0 aliphatic heterocycles. The molecule has 0 saturated carbocycles. The molecule has 1 unspecified atom stereocenters. The number of nitrogens with one attached hydrogen (secondary N) is 1. The molecule has 0 fully saturated rings. The van der Waals surface area contributed by atoms with E-state index in [1.807, 2.05) is 13.0 Å². The lowest BCUT2D eigenvalue weighted by Crippen LogP contribution is -2.30. The molecule has 1 amide bonds. The second-order valence-electron chi connectivity index (χ2n) is 4.90. The summed E-state index contributed by atoms with van der Waals surface area (Å²) >= 11 is 9.50. The first kappa shape index (κ1) is 15.5. The number of carbonyl (C=O) groups is 1. The summed E-state index contributed by atoms with van der Waals surface area (Å²) in [4.78, 5) is 12.2. The van der Waals surface area contributed by atoms with Gasteiger partial charge in [-0.05, 0) is 43.0 Å². The van der Waals surface area contributed by atoms with E-state index in [1.165, 1.54) is 0 Å². The van der Waals surface area contributed by atoms with Crippen LogP contribution in [0, 0.1) is 12.8 Å². The highest BCUT2D eigenvalue weighted by Crippen LogP contribution is 2.16. The van der Waals surface area contributed by atoms with Crippen LogP contribution in [-0.2, 0) is 0 Å². The predicted molar refractivity (Wildman–Crippen MR) is 80.7 cm³/mol. The summed E-state index contributed by atoms with van der Waals surface area (Å²) in [7, 11) is 0. The minimum Gasteiger partial charge on any atom is -0.351 e. The Kier molecular flexibility index (Phi) is 6.16. The van der Waals surface area contributed by atoms with Gasteiger partial charge >= 0.3 is 0 Å². The van der Waals surface area contributed by atoms with Crippen LogP contribution >= 0.6 is 27.5 Å². The fourth-order valence-electron chi connectivity index (χ4n) is 1.69. The Hall–Kier alpha value is -0.540. The van der Waals surface area contributed by atoms with Gasteiger partial charge in [-0.3, -0.25) is 4.79 Å². The quantitative estimate of drug-likeness (QED) is 0.805. The topological polar surface area (TPSA) is 29.1 Å². The number of amides is 1. The zero-order valence-corrected chi connectivity index (χ0v) is 13.3. The molecule has 0 heterocycles. The Morgan fingerprint density at radius 3 is 2.67 bits per heavy atom. The SMILES string of the molecule is Cc1cc(C(=O)NCC(Br)CC(C)C)ccc1Cl. The minimum absolute atomic E-state index is 0.0528. The molecular weight excluding hydrogens is 314 g/mol. The van der Waals surface area contributed by atoms with Crippen LogP contribution in [0.2, 0.25) is 5.02 Å². The van der Waals surface area contributed by atoms with Gasteiger partial charge in [0.15, 0.2) is 0 Å². The standard InChI is InChI=1S/C14H19BrClNO/c1-9(2)6-12(15)8-17-14(18)11-4-5-13(16)10(3)7-11/h4-5,7,9,12H,6,8H2,1-3H3,(H,17,18). The van der Waals surface area contributed by atoms with Crippen molar-refractivity contribution in [2.24, 2.45) is 5.92 Å². The maximum absolute atomic E-state index is 11.9. The first-order valence-electron chi connectivity index (χ1n) is 6.08. The summed E-state index contributed by atoms with van der Waals surface area (Å²) in [5, 5.41) is 3.61. The lowest BCUT2D eigenvalue weighted by molar-refractivity contribution is 0.0953. The summed E-state index contributed by atoms with van der Waals surface area (Å²) in [6.45, 7) is 6.86. The third-order valence-electron chi connectivity index (χ3n) is 2.63. The lowest BCUT2D eigenvalue weighted by Gasteiger charge is -2.13. The zero-order chi connectivity index (χ0) is 13.7. The maximum atomic E-state index is 11.9. The van der Waals surface area contributed by atoms with E-state index in [1.54, 1.807) is 12.1 Å². The molecule has 1 aromatic rings. The Labute approximate surface area is 122 Å². The van der Waals surface area contributed by atoms with Gasteiger partial charge in [-0.1, -0.05) is 41.4 Å². The van der Waals surface area contributed by atoms with Crippen LogP contribution in [-0.4, -0.2) is 17.3 Å². The van der Waals surface area contributed by atoms with Crippen molar-refractivity contribution in [1.82, 2.24) is 5.32 Å². The van der Waals surface area contributed by atoms with E-state index < -0.39 is 0 Å². The zero-order valence-electron chi connectivity index (χ0n) is 11.0. The average molecular weight is 333 g/mol. The van der Waals surface area contributed by atoms with Crippen molar-refractivity contribution in [3.05, 3.63) is 34.3 Å². The normalized spacial score (nSPS) is 12.6. The van der Waals surface area contributed by atoms with E-state index in [0.29, 0.717) is 27.9 Å². The van der Waals surface area contributed by atoms with Crippen LogP contribution in [0.15, 0.2) is 18.2 Å². The van der Waals surface area contributed by atoms with Crippen molar-refractivity contribution in [1.29, 1.82) is 0 Å². The van der Waals surface area contributed by atoms with Crippen LogP contribution in [0.25, 0.3) is 0 Å². The van der Waals surface area contributed by atoms with Gasteiger partial charge in [-0.15, -0.1) is 0 Å². The van der Waals surface area contributed by atoms with Gasteiger partial charge in [-0.25, -0.2) is 0 Å². The third kappa shape index (κ3) is 4.99. The largest absolute Gasteiger partial charge is 0.351 e. The van der Waals surface area contributed by atoms with Crippen LogP contribution in [0.4, 0.5) is 0 Å². The molecule has 0 bridgehead atoms. The molecule has 0 aliphatic carbocycles. The number of halogens is 2. The van der Waals surface area contributed by atoms with Gasteiger partial charge in [0.05, 0.1) is 0 Å². The molecule has 0 saturated heterocycles. The smallest absolute Gasteiger partial charge is 0.251 e. The van der Waals surface area contributed by atoms with Crippen molar-refractivity contribution in [3.63, 3.8) is 0 Å². The Balaban J connectivity index is 2.52. The number of hydrogen-bond donors (Lipinski definition) is 1. The Morgan fingerprint density at radius 1 is 1.44 bits per heavy atom. The molecule has 2 nitrogen and oxygen atoms in total. The highest BCUT2D eigenvalue weighted by Gasteiger charge is 2.11. The van der Waals surface area contributed by atoms with Crippen molar-refractivity contribution in [3.8, 4) is 0 Å². The third-order valence-corrected chi connectivity index (χ3v) is 3.75. The summed E-state index contributed by atoms with van der Waals surface area (Å²) < 4.78 is 0. The number of carbonyl (C=O) groups excluding carboxylic acids is 1. The second-order valence-corrected chi connectivity index (χ2v) is 6.60. The van der Waals surface area contributed by atoms with Crippen molar-refractivity contribution < 1.29 is 4.79 Å². The molecule has 1 rings (SSSR count). The highest BCUT2D eigenvalue weighted by molar-refractivity contribution is 9.09. The molecule has 4 heteroatoms. The van der Waals surface area contributed by atoms with Crippen LogP contribution in [0.3, 0.4) is 0 Å². The molecule has 100 valence electrons. The van der Waals surface area contributed by atoms with Gasteiger partial charge in [0.25, 0.3) is 5.91 Å². The van der Waals surface area contributed by atoms with E-state index in [4.69, 9.17) is 11.6 Å². The average Bonchev–Trinajstić information content (AvgIpc) is 2.28. The van der Waals surface area contributed by atoms with Gasteiger partial charge in [-0.2, -0.15) is 0 Å². The van der Waals surface area contributed by atoms with Crippen LogP contribution in [0.5, 0.6) is 0 Å². The van der Waals surface area contributed by atoms with Crippen molar-refractivity contribution in [2.45, 2.75) is 32.0 Å². The maximum Gasteiger partial charge on any atom is 0.251 e. The lowest BCUT2D eigenvalue weighted by atomic mass is 10.1. The molecular formula is C14H19BrClNO. The molecule has 0 aromatic heterocycles. The van der Waals surface area contributed by atoms with Gasteiger partial charge in [0, 0.05) is 22.0 Å². The van der Waals surface area contributed by atoms with Crippen LogP contribution < -0.4 is 5.32 Å². The van der Waals surface area contributed by atoms with Gasteiger partial charge in [0.1, 0.15) is 0 Å². The van der Waals surface area contributed by atoms with E-state index >= 15 is 0 Å². The van der Waals surface area contributed by atoms with E-state index in [-0.39, 0.29) is 5.91 Å². The number of benzene rings is 1. The Morgan fingerprint density at radius 2 is 2.11 bits per heavy atom. The van der Waals surface area contributed by atoms with Gasteiger partial charge in [0.2, 0.25) is 0 Å². The molecule has 1 aromatic carbocycles. The van der Waals surface area contributed by atoms with Crippen molar-refractivity contribution in [2.75, 3.05) is 6.54 Å². The van der Waals surface area contributed by atoms with E-state index in [0.717, 1.165) is 12.0 Å². The molecule has 0 spiro atoms. The predicted octanol–water partition coefficient (Wildman–Crippen LogP) is 4.19. The molecule has 1 atom stereocenters. The number of alkyl halides is 1. The number of hydrogen-bond acceptors (Lipinski definition) is 1. The fraction of sp³-hybridized carbons (Fsp3) is 0.500. The molecule has 0 radical (unpaired) electrons. The minimum atomic E-state index is -0.0528. The monoisotopic (exact) mass is 331 g/mol. The highest BCUT2D eigenvalue weighted by atomic mass is 79.9. The number of rotatable bonds is 5. The summed E-state index contributed by atoms with van der Waals surface area (Å²) in [6, 6.07) is 5.31. The Bertz CT molecular complexity index is 420. The summed E-state index contributed by atoms with van der Waals surface area (Å²) in [5.74, 6) is 0.562. The van der Waals surface area contributed by atoms with Crippen LogP contribution in [0.1, 0.15) is 36.2 Å². The first-order valence-corrected chi connectivity index (χ1v) is 7.38. The van der Waals surface area contributed by atoms with E-state index in [9.17, 15) is 4.79 Å². The fourth-order valence-corrected chi connectivity index (χ4v) is 2.71. The van der Waals surface area contributed by atoms with Gasteiger partial charge < -0.3 is 5.32 Å². The molecule has 18 heavy (non-hydrogen) atoms.